The van der Waals surface area contributed by atoms with E-state index in [0.717, 1.165) is 23.0 Å². The van der Waals surface area contributed by atoms with Gasteiger partial charge in [0, 0.05) is 37.2 Å². The van der Waals surface area contributed by atoms with E-state index < -0.39 is 0 Å². The second-order valence-electron chi connectivity index (χ2n) is 7.49. The van der Waals surface area contributed by atoms with Gasteiger partial charge >= 0.3 is 0 Å². The third kappa shape index (κ3) is 4.06. The van der Waals surface area contributed by atoms with E-state index in [1.165, 1.54) is 37.1 Å². The number of para-hydroxylation sites is 1. The van der Waals surface area contributed by atoms with Crippen molar-refractivity contribution in [1.29, 1.82) is 0 Å². The van der Waals surface area contributed by atoms with Gasteiger partial charge in [-0.2, -0.15) is 0 Å². The van der Waals surface area contributed by atoms with E-state index in [9.17, 15) is 4.79 Å². The number of aryl methyl sites for hydroxylation is 1. The van der Waals surface area contributed by atoms with Crippen molar-refractivity contribution in [3.63, 3.8) is 0 Å². The van der Waals surface area contributed by atoms with Crippen LogP contribution in [0.3, 0.4) is 0 Å². The molecule has 0 bridgehead atoms. The fourth-order valence-electron chi connectivity index (χ4n) is 4.06. The average Bonchev–Trinajstić information content (AvgIpc) is 3.30. The minimum Gasteiger partial charge on any atom is -0.352 e. The minimum absolute atomic E-state index is 0.0716. The van der Waals surface area contributed by atoms with Crippen molar-refractivity contribution in [1.82, 2.24) is 14.8 Å². The number of hydrogen-bond donors (Lipinski definition) is 1. The third-order valence-corrected chi connectivity index (χ3v) is 5.52. The first kappa shape index (κ1) is 17.8. The van der Waals surface area contributed by atoms with Crippen LogP contribution in [0, 0.1) is 0 Å². The van der Waals surface area contributed by atoms with E-state index in [1.807, 2.05) is 19.2 Å². The SMILES string of the molecule is Cn1cc(CC(=O)NCc2ccccc2CN2CCCC2)c2ccccc21. The fraction of sp³-hybridized carbons (Fsp3) is 0.348. The normalized spacial score (nSPS) is 14.7. The van der Waals surface area contributed by atoms with E-state index in [-0.39, 0.29) is 5.91 Å². The van der Waals surface area contributed by atoms with Crippen molar-refractivity contribution in [3.05, 3.63) is 71.4 Å². The van der Waals surface area contributed by atoms with Crippen LogP contribution in [-0.4, -0.2) is 28.5 Å². The number of amides is 1. The number of nitrogens with one attached hydrogen (secondary N) is 1. The molecule has 3 aromatic rings. The Labute approximate surface area is 160 Å². The van der Waals surface area contributed by atoms with Crippen molar-refractivity contribution in [2.45, 2.75) is 32.4 Å². The summed E-state index contributed by atoms with van der Waals surface area (Å²) in [5, 5.41) is 4.28. The maximum atomic E-state index is 12.6. The Morgan fingerprint density at radius 2 is 1.67 bits per heavy atom. The van der Waals surface area contributed by atoms with Crippen molar-refractivity contribution in [2.24, 2.45) is 7.05 Å². The number of carbonyl (C=O) groups is 1. The molecule has 0 atom stereocenters. The molecule has 4 heteroatoms. The van der Waals surface area contributed by atoms with Gasteiger partial charge in [0.1, 0.15) is 0 Å². The molecule has 1 aliphatic heterocycles. The van der Waals surface area contributed by atoms with E-state index in [1.54, 1.807) is 0 Å². The number of benzene rings is 2. The standard InChI is InChI=1S/C23H27N3O/c1-25-16-20(21-10-4-5-11-22(21)25)14-23(27)24-15-18-8-2-3-9-19(18)17-26-12-6-7-13-26/h2-5,8-11,16H,6-7,12-15,17H2,1H3,(H,24,27). The second-order valence-corrected chi connectivity index (χ2v) is 7.49. The Hall–Kier alpha value is -2.59. The summed E-state index contributed by atoms with van der Waals surface area (Å²) in [5.74, 6) is 0.0716. The number of aromatic nitrogens is 1. The summed E-state index contributed by atoms with van der Waals surface area (Å²) in [7, 11) is 2.03. The molecule has 4 nitrogen and oxygen atoms in total. The highest BCUT2D eigenvalue weighted by Crippen LogP contribution is 2.21. The van der Waals surface area contributed by atoms with Gasteiger partial charge in [0.05, 0.1) is 6.42 Å². The number of carbonyl (C=O) groups excluding carboxylic acids is 1. The van der Waals surface area contributed by atoms with Crippen LogP contribution < -0.4 is 5.32 Å². The Morgan fingerprint density at radius 3 is 2.48 bits per heavy atom. The highest BCUT2D eigenvalue weighted by Gasteiger charge is 2.14. The van der Waals surface area contributed by atoms with Gasteiger partial charge in [0.2, 0.25) is 5.91 Å². The van der Waals surface area contributed by atoms with Gasteiger partial charge < -0.3 is 9.88 Å². The Kier molecular flexibility index (Phi) is 5.26. The lowest BCUT2D eigenvalue weighted by molar-refractivity contribution is -0.120. The van der Waals surface area contributed by atoms with E-state index in [0.29, 0.717) is 13.0 Å². The summed E-state index contributed by atoms with van der Waals surface area (Å²) in [5.41, 5.74) is 4.78. The van der Waals surface area contributed by atoms with Crippen LogP contribution in [0.4, 0.5) is 0 Å². The smallest absolute Gasteiger partial charge is 0.224 e. The monoisotopic (exact) mass is 361 g/mol. The minimum atomic E-state index is 0.0716. The van der Waals surface area contributed by atoms with Crippen LogP contribution >= 0.6 is 0 Å². The molecule has 1 fully saturated rings. The quantitative estimate of drug-likeness (QED) is 0.728. The maximum absolute atomic E-state index is 12.6. The Balaban J connectivity index is 1.40. The summed E-state index contributed by atoms with van der Waals surface area (Å²) in [6, 6.07) is 16.7. The second kappa shape index (κ2) is 7.97. The van der Waals surface area contributed by atoms with Gasteiger partial charge in [0.15, 0.2) is 0 Å². The van der Waals surface area contributed by atoms with Gasteiger partial charge in [-0.25, -0.2) is 0 Å². The van der Waals surface area contributed by atoms with E-state index >= 15 is 0 Å². The molecule has 0 radical (unpaired) electrons. The van der Waals surface area contributed by atoms with Crippen LogP contribution in [0.1, 0.15) is 29.5 Å². The molecule has 1 N–H and O–H groups in total. The molecule has 2 aromatic carbocycles. The number of likely N-dealkylation sites (tertiary alicyclic amines) is 1. The zero-order chi connectivity index (χ0) is 18.6. The lowest BCUT2D eigenvalue weighted by Crippen LogP contribution is -2.26. The first-order valence-corrected chi connectivity index (χ1v) is 9.79. The lowest BCUT2D eigenvalue weighted by atomic mass is 10.1. The molecule has 1 amide bonds. The van der Waals surface area contributed by atoms with Gasteiger partial charge in [-0.15, -0.1) is 0 Å². The molecule has 27 heavy (non-hydrogen) atoms. The molecule has 2 heterocycles. The Bertz CT molecular complexity index is 938. The molecular formula is C23H27N3O. The van der Waals surface area contributed by atoms with E-state index in [2.05, 4.69) is 57.4 Å². The summed E-state index contributed by atoms with van der Waals surface area (Å²) in [6.07, 6.45) is 5.06. The largest absolute Gasteiger partial charge is 0.352 e. The van der Waals surface area contributed by atoms with Crippen molar-refractivity contribution in [3.8, 4) is 0 Å². The van der Waals surface area contributed by atoms with Crippen LogP contribution in [0.2, 0.25) is 0 Å². The Morgan fingerprint density at radius 1 is 0.963 bits per heavy atom. The number of rotatable bonds is 6. The maximum Gasteiger partial charge on any atom is 0.224 e. The van der Waals surface area contributed by atoms with Crippen LogP contribution in [-0.2, 0) is 31.4 Å². The number of fused-ring (bicyclic) bond motifs is 1. The van der Waals surface area contributed by atoms with Crippen molar-refractivity contribution < 1.29 is 4.79 Å². The summed E-state index contributed by atoms with van der Waals surface area (Å²) >= 11 is 0. The molecule has 1 saturated heterocycles. The number of nitrogens with zero attached hydrogens (tertiary/aromatic N) is 2. The zero-order valence-corrected chi connectivity index (χ0v) is 15.9. The molecule has 0 aliphatic carbocycles. The van der Waals surface area contributed by atoms with Gasteiger partial charge in [-0.3, -0.25) is 9.69 Å². The van der Waals surface area contributed by atoms with Crippen LogP contribution in [0.5, 0.6) is 0 Å². The first-order chi connectivity index (χ1) is 13.2. The third-order valence-electron chi connectivity index (χ3n) is 5.52. The molecule has 4 rings (SSSR count). The zero-order valence-electron chi connectivity index (χ0n) is 15.9. The average molecular weight is 361 g/mol. The predicted octanol–water partition coefficient (Wildman–Crippen LogP) is 3.63. The highest BCUT2D eigenvalue weighted by molar-refractivity contribution is 5.89. The van der Waals surface area contributed by atoms with Gasteiger partial charge in [-0.05, 0) is 48.7 Å². The van der Waals surface area contributed by atoms with Crippen molar-refractivity contribution in [2.75, 3.05) is 13.1 Å². The fourth-order valence-corrected chi connectivity index (χ4v) is 4.06. The molecule has 0 spiro atoms. The summed E-state index contributed by atoms with van der Waals surface area (Å²) < 4.78 is 2.09. The van der Waals surface area contributed by atoms with Crippen LogP contribution in [0.15, 0.2) is 54.7 Å². The van der Waals surface area contributed by atoms with Crippen molar-refractivity contribution >= 4 is 16.8 Å². The van der Waals surface area contributed by atoms with Crippen LogP contribution in [0.25, 0.3) is 10.9 Å². The lowest BCUT2D eigenvalue weighted by Gasteiger charge is -2.17. The molecule has 1 aliphatic rings. The highest BCUT2D eigenvalue weighted by atomic mass is 16.1. The molecular weight excluding hydrogens is 334 g/mol. The number of hydrogen-bond acceptors (Lipinski definition) is 2. The van der Waals surface area contributed by atoms with Gasteiger partial charge in [-0.1, -0.05) is 42.5 Å². The predicted molar refractivity (Wildman–Crippen MR) is 109 cm³/mol. The molecule has 0 unspecified atom stereocenters. The molecule has 1 aromatic heterocycles. The summed E-state index contributed by atoms with van der Waals surface area (Å²) in [4.78, 5) is 15.1. The first-order valence-electron chi connectivity index (χ1n) is 9.79. The molecule has 140 valence electrons. The topological polar surface area (TPSA) is 37.3 Å². The van der Waals surface area contributed by atoms with E-state index in [4.69, 9.17) is 0 Å². The molecule has 0 saturated carbocycles. The van der Waals surface area contributed by atoms with Gasteiger partial charge in [0.25, 0.3) is 0 Å². The summed E-state index contributed by atoms with van der Waals surface area (Å²) in [6.45, 7) is 3.94.